The number of para-hydroxylation sites is 1. The highest BCUT2D eigenvalue weighted by Gasteiger charge is 1.96. The Morgan fingerprint density at radius 2 is 1.93 bits per heavy atom. The van der Waals surface area contributed by atoms with E-state index in [1.807, 2.05) is 18.2 Å². The van der Waals surface area contributed by atoms with Crippen LogP contribution in [-0.2, 0) is 4.52 Å². The molecule has 1 rings (SSSR count). The number of rotatable bonds is 7. The van der Waals surface area contributed by atoms with E-state index in [2.05, 4.69) is 28.5 Å². The lowest BCUT2D eigenvalue weighted by atomic mass is 10.2. The zero-order valence-electron chi connectivity index (χ0n) is 8.83. The summed E-state index contributed by atoms with van der Waals surface area (Å²) < 4.78 is 10.9. The highest BCUT2D eigenvalue weighted by Crippen LogP contribution is 2.21. The van der Waals surface area contributed by atoms with Gasteiger partial charge in [-0.05, 0) is 46.9 Å². The van der Waals surface area contributed by atoms with E-state index in [0.717, 1.165) is 31.8 Å². The van der Waals surface area contributed by atoms with Crippen LogP contribution in [0, 0.1) is 6.92 Å². The van der Waals surface area contributed by atoms with Crippen LogP contribution in [0.1, 0.15) is 18.4 Å². The van der Waals surface area contributed by atoms with Gasteiger partial charge in [0.05, 0.1) is 20.7 Å². The van der Waals surface area contributed by atoms with Gasteiger partial charge in [0.1, 0.15) is 5.75 Å². The predicted molar refractivity (Wildman–Crippen MR) is 69.1 cm³/mol. The summed E-state index contributed by atoms with van der Waals surface area (Å²) in [4.78, 5) is 0. The van der Waals surface area contributed by atoms with Crippen molar-refractivity contribution in [3.8, 4) is 5.75 Å². The Morgan fingerprint density at radius 1 is 1.20 bits per heavy atom. The summed E-state index contributed by atoms with van der Waals surface area (Å²) in [6, 6.07) is 8.08. The molecule has 0 fully saturated rings. The minimum absolute atomic E-state index is 0.412. The molecular weight excluding hydrogens is 275 g/mol. The van der Waals surface area contributed by atoms with Crippen molar-refractivity contribution in [2.45, 2.75) is 19.8 Å². The monoisotopic (exact) mass is 290 g/mol. The molecular formula is C11H16BrO2P. The molecule has 4 heteroatoms. The second kappa shape index (κ2) is 8.09. The fourth-order valence-corrected chi connectivity index (χ4v) is 1.92. The fraction of sp³-hybridized carbons (Fsp3) is 0.455. The van der Waals surface area contributed by atoms with Crippen LogP contribution in [0.15, 0.2) is 24.3 Å². The molecule has 0 aliphatic carbocycles. The summed E-state index contributed by atoms with van der Waals surface area (Å²) in [6.45, 7) is 3.63. The first-order valence-corrected chi connectivity index (χ1v) is 8.17. The molecule has 0 radical (unpaired) electrons. The van der Waals surface area contributed by atoms with Crippen LogP contribution >= 0.6 is 23.0 Å². The van der Waals surface area contributed by atoms with Gasteiger partial charge in [0, 0.05) is 0 Å². The predicted octanol–water partition coefficient (Wildman–Crippen LogP) is 4.07. The topological polar surface area (TPSA) is 18.5 Å². The van der Waals surface area contributed by atoms with E-state index in [1.54, 1.807) is 0 Å². The van der Waals surface area contributed by atoms with Crippen LogP contribution in [0.5, 0.6) is 5.75 Å². The number of halogens is 1. The van der Waals surface area contributed by atoms with Crippen molar-refractivity contribution in [3.05, 3.63) is 29.8 Å². The van der Waals surface area contributed by atoms with Gasteiger partial charge in [-0.2, -0.15) is 0 Å². The van der Waals surface area contributed by atoms with Crippen molar-refractivity contribution >= 4 is 23.0 Å². The molecule has 0 saturated heterocycles. The molecule has 84 valence electrons. The molecule has 2 nitrogen and oxygen atoms in total. The van der Waals surface area contributed by atoms with Crippen LogP contribution < -0.4 is 4.74 Å². The molecule has 0 heterocycles. The van der Waals surface area contributed by atoms with Gasteiger partial charge >= 0.3 is 0 Å². The second-order valence-corrected chi connectivity index (χ2v) is 4.66. The minimum atomic E-state index is 0.412. The van der Waals surface area contributed by atoms with Gasteiger partial charge in [-0.3, -0.25) is 0 Å². The number of ether oxygens (including phenoxy) is 1. The number of benzene rings is 1. The molecule has 0 aliphatic heterocycles. The standard InChI is InChI=1S/C11H16BrO2P/c1-10-6-2-3-7-11(10)13-8-4-5-9-14-15-12/h2-3,6-7,15H,4-5,8-9H2,1H3. The van der Waals surface area contributed by atoms with Gasteiger partial charge < -0.3 is 9.26 Å². The smallest absolute Gasteiger partial charge is 0.122 e. The summed E-state index contributed by atoms with van der Waals surface area (Å²) in [7, 11) is 0.412. The first-order valence-electron chi connectivity index (χ1n) is 5.00. The molecule has 1 atom stereocenters. The third-order valence-corrected chi connectivity index (χ3v) is 3.05. The molecule has 0 N–H and O–H groups in total. The number of aryl methyl sites for hydroxylation is 1. The third kappa shape index (κ3) is 5.50. The van der Waals surface area contributed by atoms with Crippen molar-refractivity contribution in [1.82, 2.24) is 0 Å². The summed E-state index contributed by atoms with van der Waals surface area (Å²) in [5, 5.41) is 0. The van der Waals surface area contributed by atoms with Gasteiger partial charge in [0.2, 0.25) is 0 Å². The Balaban J connectivity index is 2.12. The van der Waals surface area contributed by atoms with Crippen molar-refractivity contribution in [3.63, 3.8) is 0 Å². The maximum absolute atomic E-state index is 5.65. The fourth-order valence-electron chi connectivity index (χ4n) is 1.22. The first-order chi connectivity index (χ1) is 7.34. The zero-order valence-corrected chi connectivity index (χ0v) is 11.4. The van der Waals surface area contributed by atoms with E-state index in [-0.39, 0.29) is 0 Å². The van der Waals surface area contributed by atoms with Gasteiger partial charge in [-0.15, -0.1) is 0 Å². The summed E-state index contributed by atoms with van der Waals surface area (Å²) >= 11 is 3.24. The van der Waals surface area contributed by atoms with Crippen LogP contribution in [0.4, 0.5) is 0 Å². The second-order valence-electron chi connectivity index (χ2n) is 3.25. The zero-order chi connectivity index (χ0) is 10.9. The molecule has 0 spiro atoms. The lowest BCUT2D eigenvalue weighted by molar-refractivity contribution is 0.281. The Morgan fingerprint density at radius 3 is 2.67 bits per heavy atom. The lowest BCUT2D eigenvalue weighted by Crippen LogP contribution is -1.99. The third-order valence-electron chi connectivity index (χ3n) is 2.05. The van der Waals surface area contributed by atoms with Gasteiger partial charge in [0.25, 0.3) is 0 Å². The molecule has 0 aromatic heterocycles. The summed E-state index contributed by atoms with van der Waals surface area (Å²) in [5.41, 5.74) is 1.19. The summed E-state index contributed by atoms with van der Waals surface area (Å²) in [6.07, 6.45) is 2.08. The molecule has 0 aliphatic rings. The molecule has 1 aromatic rings. The Hall–Kier alpha value is -0.110. The molecule has 1 unspecified atom stereocenters. The highest BCUT2D eigenvalue weighted by molar-refractivity contribution is 9.36. The maximum Gasteiger partial charge on any atom is 0.122 e. The van der Waals surface area contributed by atoms with Crippen molar-refractivity contribution in [1.29, 1.82) is 0 Å². The van der Waals surface area contributed by atoms with Gasteiger partial charge in [-0.1, -0.05) is 18.2 Å². The number of unbranched alkanes of at least 4 members (excludes halogenated alkanes) is 1. The van der Waals surface area contributed by atoms with E-state index in [9.17, 15) is 0 Å². The molecule has 1 aromatic carbocycles. The van der Waals surface area contributed by atoms with Crippen molar-refractivity contribution in [2.24, 2.45) is 0 Å². The highest BCUT2D eigenvalue weighted by atomic mass is 79.9. The van der Waals surface area contributed by atoms with Crippen LogP contribution in [0.3, 0.4) is 0 Å². The van der Waals surface area contributed by atoms with E-state index in [4.69, 9.17) is 9.26 Å². The van der Waals surface area contributed by atoms with E-state index >= 15 is 0 Å². The first kappa shape index (κ1) is 13.0. The van der Waals surface area contributed by atoms with Crippen LogP contribution in [0.25, 0.3) is 0 Å². The molecule has 15 heavy (non-hydrogen) atoms. The van der Waals surface area contributed by atoms with E-state index < -0.39 is 0 Å². The van der Waals surface area contributed by atoms with E-state index in [1.165, 1.54) is 5.56 Å². The van der Waals surface area contributed by atoms with Crippen molar-refractivity contribution < 1.29 is 9.26 Å². The van der Waals surface area contributed by atoms with Gasteiger partial charge in [0.15, 0.2) is 0 Å². The lowest BCUT2D eigenvalue weighted by Gasteiger charge is -2.08. The largest absolute Gasteiger partial charge is 0.493 e. The SMILES string of the molecule is Cc1ccccc1OCCCCOPBr. The van der Waals surface area contributed by atoms with Crippen molar-refractivity contribution in [2.75, 3.05) is 13.2 Å². The van der Waals surface area contributed by atoms with Gasteiger partial charge in [-0.25, -0.2) is 0 Å². The normalized spacial score (nSPS) is 11.1. The molecule has 0 bridgehead atoms. The Kier molecular flexibility index (Phi) is 6.99. The number of hydrogen-bond donors (Lipinski definition) is 0. The van der Waals surface area contributed by atoms with Crippen LogP contribution in [0.2, 0.25) is 0 Å². The molecule has 0 amide bonds. The minimum Gasteiger partial charge on any atom is -0.493 e. The number of hydrogen-bond acceptors (Lipinski definition) is 2. The summed E-state index contributed by atoms with van der Waals surface area (Å²) in [5.74, 6) is 0.987. The quantitative estimate of drug-likeness (QED) is 0.557. The average molecular weight is 291 g/mol. The van der Waals surface area contributed by atoms with E-state index in [0.29, 0.717) is 7.51 Å². The van der Waals surface area contributed by atoms with Crippen LogP contribution in [-0.4, -0.2) is 13.2 Å². The average Bonchev–Trinajstić information content (AvgIpc) is 2.25. The Labute approximate surface area is 101 Å². The maximum atomic E-state index is 5.65. The molecule has 0 saturated carbocycles. The Bertz CT molecular complexity index is 281.